The smallest absolute Gasteiger partial charge is 0.245 e. The maximum absolute atomic E-state index is 12.5. The zero-order chi connectivity index (χ0) is 14.5. The van der Waals surface area contributed by atoms with Gasteiger partial charge in [0, 0.05) is 31.9 Å². The Morgan fingerprint density at radius 3 is 2.85 bits per heavy atom. The van der Waals surface area contributed by atoms with Crippen LogP contribution in [0.2, 0.25) is 0 Å². The highest BCUT2D eigenvalue weighted by atomic mass is 16.2. The number of carbonyl (C=O) groups excluding carboxylic acids is 2. The molecule has 1 N–H and O–H groups in total. The molecule has 2 rings (SSSR count). The SMILES string of the molecule is CC(C)CC1NC(=O)CCN(CCn2cccn2)C1=O. The molecule has 1 aromatic rings. The summed E-state index contributed by atoms with van der Waals surface area (Å²) >= 11 is 0. The fraction of sp³-hybridized carbons (Fsp3) is 0.643. The zero-order valence-electron chi connectivity index (χ0n) is 12.1. The summed E-state index contributed by atoms with van der Waals surface area (Å²) in [6, 6.07) is 1.47. The third-order valence-corrected chi connectivity index (χ3v) is 3.42. The second kappa shape index (κ2) is 6.54. The zero-order valence-corrected chi connectivity index (χ0v) is 12.1. The standard InChI is InChI=1S/C14H22N4O2/c1-11(2)10-12-14(20)17(7-4-13(19)16-12)8-9-18-6-3-5-15-18/h3,5-6,11-12H,4,7-10H2,1-2H3,(H,16,19). The van der Waals surface area contributed by atoms with E-state index in [1.54, 1.807) is 15.8 Å². The number of nitrogens with one attached hydrogen (secondary N) is 1. The lowest BCUT2D eigenvalue weighted by Gasteiger charge is -2.24. The van der Waals surface area contributed by atoms with Gasteiger partial charge in [-0.1, -0.05) is 13.8 Å². The van der Waals surface area contributed by atoms with Gasteiger partial charge in [-0.05, 0) is 18.4 Å². The molecule has 2 amide bonds. The molecule has 0 aliphatic carbocycles. The minimum absolute atomic E-state index is 0.0247. The second-order valence-corrected chi connectivity index (χ2v) is 5.59. The van der Waals surface area contributed by atoms with Crippen molar-refractivity contribution in [3.05, 3.63) is 18.5 Å². The summed E-state index contributed by atoms with van der Waals surface area (Å²) in [6.07, 6.45) is 4.65. The Kier molecular flexibility index (Phi) is 4.76. The molecule has 0 spiro atoms. The van der Waals surface area contributed by atoms with Gasteiger partial charge < -0.3 is 10.2 Å². The molecule has 0 saturated carbocycles. The Hall–Kier alpha value is -1.85. The number of aromatic nitrogens is 2. The van der Waals surface area contributed by atoms with Gasteiger partial charge in [0.25, 0.3) is 0 Å². The van der Waals surface area contributed by atoms with E-state index in [4.69, 9.17) is 0 Å². The van der Waals surface area contributed by atoms with E-state index in [0.717, 1.165) is 0 Å². The van der Waals surface area contributed by atoms with Crippen LogP contribution >= 0.6 is 0 Å². The molecule has 1 aromatic heterocycles. The number of rotatable bonds is 5. The molecule has 6 heteroatoms. The van der Waals surface area contributed by atoms with Gasteiger partial charge in [0.2, 0.25) is 11.8 Å². The first-order valence-electron chi connectivity index (χ1n) is 7.12. The van der Waals surface area contributed by atoms with Gasteiger partial charge in [-0.2, -0.15) is 5.10 Å². The number of nitrogens with zero attached hydrogens (tertiary/aromatic N) is 3. The van der Waals surface area contributed by atoms with Crippen molar-refractivity contribution < 1.29 is 9.59 Å². The van der Waals surface area contributed by atoms with Crippen LogP contribution in [0.4, 0.5) is 0 Å². The van der Waals surface area contributed by atoms with Crippen molar-refractivity contribution in [3.63, 3.8) is 0 Å². The molecule has 2 heterocycles. The highest BCUT2D eigenvalue weighted by molar-refractivity contribution is 5.89. The second-order valence-electron chi connectivity index (χ2n) is 5.59. The number of carbonyl (C=O) groups is 2. The predicted molar refractivity (Wildman–Crippen MR) is 74.8 cm³/mol. The monoisotopic (exact) mass is 278 g/mol. The van der Waals surface area contributed by atoms with E-state index < -0.39 is 0 Å². The molecule has 0 aromatic carbocycles. The Labute approximate surface area is 119 Å². The average Bonchev–Trinajstić information content (AvgIpc) is 2.85. The van der Waals surface area contributed by atoms with Crippen LogP contribution < -0.4 is 5.32 Å². The third-order valence-electron chi connectivity index (χ3n) is 3.42. The van der Waals surface area contributed by atoms with E-state index in [2.05, 4.69) is 24.3 Å². The minimum Gasteiger partial charge on any atom is -0.344 e. The van der Waals surface area contributed by atoms with E-state index in [-0.39, 0.29) is 17.9 Å². The summed E-state index contributed by atoms with van der Waals surface area (Å²) in [5.41, 5.74) is 0. The largest absolute Gasteiger partial charge is 0.344 e. The summed E-state index contributed by atoms with van der Waals surface area (Å²) in [7, 11) is 0. The molecule has 6 nitrogen and oxygen atoms in total. The van der Waals surface area contributed by atoms with Gasteiger partial charge in [-0.3, -0.25) is 14.3 Å². The lowest BCUT2D eigenvalue weighted by Crippen LogP contribution is -2.46. The van der Waals surface area contributed by atoms with E-state index in [1.165, 1.54) is 0 Å². The average molecular weight is 278 g/mol. The van der Waals surface area contributed by atoms with Gasteiger partial charge in [0.15, 0.2) is 0 Å². The molecule has 1 aliphatic heterocycles. The van der Waals surface area contributed by atoms with Crippen molar-refractivity contribution in [2.45, 2.75) is 39.3 Å². The molecule has 1 fully saturated rings. The quantitative estimate of drug-likeness (QED) is 0.859. The fourth-order valence-electron chi connectivity index (χ4n) is 2.40. The van der Waals surface area contributed by atoms with E-state index in [9.17, 15) is 9.59 Å². The molecule has 20 heavy (non-hydrogen) atoms. The minimum atomic E-state index is -0.386. The number of hydrogen-bond acceptors (Lipinski definition) is 3. The Balaban J connectivity index is 1.99. The summed E-state index contributed by atoms with van der Waals surface area (Å²) in [4.78, 5) is 25.9. The van der Waals surface area contributed by atoms with E-state index in [0.29, 0.717) is 38.4 Å². The molecule has 110 valence electrons. The summed E-state index contributed by atoms with van der Waals surface area (Å²) < 4.78 is 1.80. The lowest BCUT2D eigenvalue weighted by atomic mass is 10.0. The van der Waals surface area contributed by atoms with E-state index >= 15 is 0 Å². The van der Waals surface area contributed by atoms with Crippen LogP contribution in [0, 0.1) is 5.92 Å². The maximum atomic E-state index is 12.5. The maximum Gasteiger partial charge on any atom is 0.245 e. The Morgan fingerprint density at radius 1 is 1.40 bits per heavy atom. The summed E-state index contributed by atoms with van der Waals surface area (Å²) in [5, 5.41) is 6.96. The van der Waals surface area contributed by atoms with Crippen LogP contribution in [-0.4, -0.2) is 45.6 Å². The summed E-state index contributed by atoms with van der Waals surface area (Å²) in [6.45, 7) is 5.84. The van der Waals surface area contributed by atoms with Crippen molar-refractivity contribution in [1.29, 1.82) is 0 Å². The van der Waals surface area contributed by atoms with Crippen molar-refractivity contribution in [1.82, 2.24) is 20.0 Å². The van der Waals surface area contributed by atoms with E-state index in [1.807, 2.05) is 12.3 Å². The Bertz CT molecular complexity index is 456. The number of amides is 2. The predicted octanol–water partition coefficient (Wildman–Crippen LogP) is 0.646. The molecule has 1 saturated heterocycles. The van der Waals surface area contributed by atoms with Crippen molar-refractivity contribution in [2.75, 3.05) is 13.1 Å². The molecule has 1 unspecified atom stereocenters. The van der Waals surface area contributed by atoms with Gasteiger partial charge in [-0.15, -0.1) is 0 Å². The normalized spacial score (nSPS) is 20.1. The van der Waals surface area contributed by atoms with Crippen LogP contribution in [0.25, 0.3) is 0 Å². The molecule has 1 atom stereocenters. The van der Waals surface area contributed by atoms with Crippen LogP contribution in [0.15, 0.2) is 18.5 Å². The summed E-state index contributed by atoms with van der Waals surface area (Å²) in [5.74, 6) is 0.359. The molecule has 0 radical (unpaired) electrons. The van der Waals surface area contributed by atoms with Crippen LogP contribution in [0.3, 0.4) is 0 Å². The fourth-order valence-corrected chi connectivity index (χ4v) is 2.40. The van der Waals surface area contributed by atoms with Gasteiger partial charge in [0.05, 0.1) is 6.54 Å². The van der Waals surface area contributed by atoms with Crippen LogP contribution in [0.1, 0.15) is 26.7 Å². The van der Waals surface area contributed by atoms with Gasteiger partial charge in [0.1, 0.15) is 6.04 Å². The first-order chi connectivity index (χ1) is 9.56. The van der Waals surface area contributed by atoms with Crippen molar-refractivity contribution in [2.24, 2.45) is 5.92 Å². The van der Waals surface area contributed by atoms with Crippen molar-refractivity contribution in [3.8, 4) is 0 Å². The third kappa shape index (κ3) is 3.82. The highest BCUT2D eigenvalue weighted by Gasteiger charge is 2.29. The molecular formula is C14H22N4O2. The van der Waals surface area contributed by atoms with Crippen molar-refractivity contribution >= 4 is 11.8 Å². The Morgan fingerprint density at radius 2 is 2.20 bits per heavy atom. The first-order valence-corrected chi connectivity index (χ1v) is 7.12. The van der Waals surface area contributed by atoms with Crippen LogP contribution in [-0.2, 0) is 16.1 Å². The molecule has 1 aliphatic rings. The topological polar surface area (TPSA) is 67.2 Å². The molecular weight excluding hydrogens is 256 g/mol. The van der Waals surface area contributed by atoms with Crippen LogP contribution in [0.5, 0.6) is 0 Å². The first kappa shape index (κ1) is 14.6. The van der Waals surface area contributed by atoms with Gasteiger partial charge in [-0.25, -0.2) is 0 Å². The highest BCUT2D eigenvalue weighted by Crippen LogP contribution is 2.12. The molecule has 0 bridgehead atoms. The van der Waals surface area contributed by atoms with Gasteiger partial charge >= 0.3 is 0 Å². The number of hydrogen-bond donors (Lipinski definition) is 1. The lowest BCUT2D eigenvalue weighted by molar-refractivity contribution is -0.134.